The average Bonchev–Trinajstić information content (AvgIpc) is 2.99. The van der Waals surface area contributed by atoms with Gasteiger partial charge in [-0.25, -0.2) is 4.68 Å². The van der Waals surface area contributed by atoms with Crippen molar-refractivity contribution in [2.45, 2.75) is 58.5 Å². The van der Waals surface area contributed by atoms with Gasteiger partial charge in [-0.2, -0.15) is 5.10 Å². The summed E-state index contributed by atoms with van der Waals surface area (Å²) in [4.78, 5) is 25.2. The van der Waals surface area contributed by atoms with Gasteiger partial charge in [-0.05, 0) is 44.9 Å². The van der Waals surface area contributed by atoms with E-state index in [9.17, 15) is 9.59 Å². The Balaban J connectivity index is 1.67. The molecule has 0 atom stereocenters. The number of aromatic nitrogens is 3. The molecule has 6 heteroatoms. The van der Waals surface area contributed by atoms with E-state index in [0.29, 0.717) is 11.3 Å². The van der Waals surface area contributed by atoms with Gasteiger partial charge in [0.1, 0.15) is 17.9 Å². The summed E-state index contributed by atoms with van der Waals surface area (Å²) in [6.45, 7) is 3.86. The third-order valence-electron chi connectivity index (χ3n) is 5.26. The molecule has 1 amide bonds. The smallest absolute Gasteiger partial charge is 0.291 e. The van der Waals surface area contributed by atoms with E-state index in [1.165, 1.54) is 11.1 Å². The fourth-order valence-electron chi connectivity index (χ4n) is 4.00. The Bertz CT molecular complexity index is 1040. The van der Waals surface area contributed by atoms with Crippen LogP contribution in [0.5, 0.6) is 0 Å². The van der Waals surface area contributed by atoms with Crippen LogP contribution in [0.4, 0.5) is 0 Å². The highest BCUT2D eigenvalue weighted by molar-refractivity contribution is 5.87. The molecule has 0 aliphatic heterocycles. The normalized spacial score (nSPS) is 15.6. The molecule has 4 rings (SSSR count). The van der Waals surface area contributed by atoms with Crippen molar-refractivity contribution in [3.63, 3.8) is 0 Å². The Hall–Kier alpha value is -2.63. The second-order valence-corrected chi connectivity index (χ2v) is 7.34. The van der Waals surface area contributed by atoms with Crippen LogP contribution in [0.15, 0.2) is 29.1 Å². The van der Waals surface area contributed by atoms with Gasteiger partial charge in [-0.1, -0.05) is 30.9 Å². The topological polar surface area (TPSA) is 68.4 Å². The summed E-state index contributed by atoms with van der Waals surface area (Å²) in [5.74, 6) is 0.561. The minimum atomic E-state index is -0.233. The first-order valence-electron chi connectivity index (χ1n) is 9.32. The number of nitrogens with zero attached hydrogens (tertiary/aromatic N) is 3. The minimum Gasteiger partial charge on any atom is -0.352 e. The average molecular weight is 352 g/mol. The number of aryl methyl sites for hydroxylation is 2. The minimum absolute atomic E-state index is 0.0345. The zero-order valence-corrected chi connectivity index (χ0v) is 15.3. The fraction of sp³-hybridized carbons (Fsp3) is 0.450. The van der Waals surface area contributed by atoms with Gasteiger partial charge in [0, 0.05) is 11.4 Å². The molecular formula is C20H24N4O2. The highest BCUT2D eigenvalue weighted by Gasteiger charge is 2.18. The van der Waals surface area contributed by atoms with E-state index in [0.717, 1.165) is 42.1 Å². The van der Waals surface area contributed by atoms with Crippen LogP contribution < -0.4 is 10.9 Å². The molecule has 2 aromatic heterocycles. The molecule has 1 fully saturated rings. The van der Waals surface area contributed by atoms with Crippen molar-refractivity contribution in [1.82, 2.24) is 19.5 Å². The number of fused-ring (bicyclic) bond motifs is 3. The standard InChI is InChI=1S/C20H24N4O2/c1-13-8-9-17-15(10-13)11-18-20(26)23(22-14(2)24(17)18)12-19(25)21-16-6-4-3-5-7-16/h8-11,16H,3-7,12H2,1-2H3,(H,21,25). The predicted molar refractivity (Wildman–Crippen MR) is 101 cm³/mol. The van der Waals surface area contributed by atoms with Gasteiger partial charge in [0.05, 0.1) is 5.52 Å². The summed E-state index contributed by atoms with van der Waals surface area (Å²) in [6.07, 6.45) is 5.60. The van der Waals surface area contributed by atoms with Gasteiger partial charge < -0.3 is 5.32 Å². The van der Waals surface area contributed by atoms with Crippen LogP contribution in [0, 0.1) is 13.8 Å². The second kappa shape index (κ2) is 6.59. The van der Waals surface area contributed by atoms with Crippen LogP contribution in [0.1, 0.15) is 43.5 Å². The molecule has 1 saturated carbocycles. The molecule has 0 spiro atoms. The highest BCUT2D eigenvalue weighted by Crippen LogP contribution is 2.20. The Labute approximate surface area is 151 Å². The highest BCUT2D eigenvalue weighted by atomic mass is 16.2. The molecule has 1 N–H and O–H groups in total. The lowest BCUT2D eigenvalue weighted by Crippen LogP contribution is -2.40. The summed E-state index contributed by atoms with van der Waals surface area (Å²) >= 11 is 0. The van der Waals surface area contributed by atoms with Crippen molar-refractivity contribution in [2.24, 2.45) is 0 Å². The Kier molecular flexibility index (Phi) is 4.26. The van der Waals surface area contributed by atoms with Crippen molar-refractivity contribution >= 4 is 22.3 Å². The molecule has 6 nitrogen and oxygen atoms in total. The van der Waals surface area contributed by atoms with Gasteiger partial charge >= 0.3 is 0 Å². The fourth-order valence-corrected chi connectivity index (χ4v) is 4.00. The molecule has 3 aromatic rings. The van der Waals surface area contributed by atoms with Crippen LogP contribution in [0.25, 0.3) is 16.4 Å². The SMILES string of the molecule is Cc1ccc2c(c1)cc1c(=O)n(CC(=O)NC3CCCCC3)nc(C)n12. The molecule has 0 radical (unpaired) electrons. The third kappa shape index (κ3) is 3.00. The van der Waals surface area contributed by atoms with Crippen molar-refractivity contribution in [3.8, 4) is 0 Å². The van der Waals surface area contributed by atoms with E-state index in [1.54, 1.807) is 0 Å². The molecule has 1 aromatic carbocycles. The molecular weight excluding hydrogens is 328 g/mol. The summed E-state index contributed by atoms with van der Waals surface area (Å²) in [5.41, 5.74) is 2.43. The number of nitrogens with one attached hydrogen (secondary N) is 1. The van der Waals surface area contributed by atoms with Crippen molar-refractivity contribution < 1.29 is 4.79 Å². The van der Waals surface area contributed by atoms with Crippen molar-refractivity contribution in [1.29, 1.82) is 0 Å². The summed E-state index contributed by atoms with van der Waals surface area (Å²) in [6, 6.07) is 8.20. The Morgan fingerprint density at radius 2 is 1.92 bits per heavy atom. The molecule has 2 heterocycles. The van der Waals surface area contributed by atoms with E-state index >= 15 is 0 Å². The Morgan fingerprint density at radius 1 is 1.15 bits per heavy atom. The van der Waals surface area contributed by atoms with Gasteiger partial charge in [-0.3, -0.25) is 14.0 Å². The molecule has 26 heavy (non-hydrogen) atoms. The number of carbonyl (C=O) groups excluding carboxylic acids is 1. The van der Waals surface area contributed by atoms with Gasteiger partial charge in [0.15, 0.2) is 0 Å². The molecule has 0 saturated heterocycles. The quantitative estimate of drug-likeness (QED) is 0.788. The predicted octanol–water partition coefficient (Wildman–Crippen LogP) is 2.71. The van der Waals surface area contributed by atoms with E-state index < -0.39 is 0 Å². The maximum atomic E-state index is 12.9. The van der Waals surface area contributed by atoms with Crippen LogP contribution >= 0.6 is 0 Å². The Morgan fingerprint density at radius 3 is 2.69 bits per heavy atom. The maximum Gasteiger partial charge on any atom is 0.291 e. The number of hydrogen-bond donors (Lipinski definition) is 1. The lowest BCUT2D eigenvalue weighted by Gasteiger charge is -2.22. The molecule has 136 valence electrons. The van der Waals surface area contributed by atoms with E-state index in [4.69, 9.17) is 0 Å². The molecule has 0 bridgehead atoms. The number of hydrogen-bond acceptors (Lipinski definition) is 3. The number of carbonyl (C=O) groups is 1. The molecule has 1 aliphatic carbocycles. The van der Waals surface area contributed by atoms with Gasteiger partial charge in [0.25, 0.3) is 5.56 Å². The van der Waals surface area contributed by atoms with Crippen LogP contribution in [0.3, 0.4) is 0 Å². The zero-order valence-electron chi connectivity index (χ0n) is 15.3. The maximum absolute atomic E-state index is 12.9. The summed E-state index contributed by atoms with van der Waals surface area (Å²) in [7, 11) is 0. The first-order valence-corrected chi connectivity index (χ1v) is 9.32. The van der Waals surface area contributed by atoms with Crippen LogP contribution in [-0.4, -0.2) is 26.1 Å². The largest absolute Gasteiger partial charge is 0.352 e. The summed E-state index contributed by atoms with van der Waals surface area (Å²) in [5, 5.41) is 8.45. The van der Waals surface area contributed by atoms with Crippen LogP contribution in [0.2, 0.25) is 0 Å². The molecule has 1 aliphatic rings. The van der Waals surface area contributed by atoms with E-state index in [2.05, 4.69) is 16.5 Å². The van der Waals surface area contributed by atoms with Gasteiger partial charge in [0.2, 0.25) is 5.91 Å². The van der Waals surface area contributed by atoms with E-state index in [-0.39, 0.29) is 24.1 Å². The lowest BCUT2D eigenvalue weighted by molar-refractivity contribution is -0.122. The first-order chi connectivity index (χ1) is 12.5. The number of rotatable bonds is 3. The zero-order chi connectivity index (χ0) is 18.3. The lowest BCUT2D eigenvalue weighted by atomic mass is 9.95. The first kappa shape index (κ1) is 16.8. The third-order valence-corrected chi connectivity index (χ3v) is 5.26. The van der Waals surface area contributed by atoms with Crippen LogP contribution in [-0.2, 0) is 11.3 Å². The second-order valence-electron chi connectivity index (χ2n) is 7.34. The van der Waals surface area contributed by atoms with Gasteiger partial charge in [-0.15, -0.1) is 0 Å². The monoisotopic (exact) mass is 352 g/mol. The summed E-state index contributed by atoms with van der Waals surface area (Å²) < 4.78 is 3.15. The molecule has 0 unspecified atom stereocenters. The van der Waals surface area contributed by atoms with Crippen molar-refractivity contribution in [3.05, 3.63) is 46.0 Å². The number of benzene rings is 1. The van der Waals surface area contributed by atoms with Crippen molar-refractivity contribution in [2.75, 3.05) is 0 Å². The van der Waals surface area contributed by atoms with E-state index in [1.807, 2.05) is 36.4 Å². The number of amides is 1.